The van der Waals surface area contributed by atoms with E-state index < -0.39 is 0 Å². The maximum Gasteiger partial charge on any atom is 0.275 e. The number of benzene rings is 3. The van der Waals surface area contributed by atoms with Gasteiger partial charge in [-0.3, -0.25) is 14.7 Å². The summed E-state index contributed by atoms with van der Waals surface area (Å²) >= 11 is 1.33. The lowest BCUT2D eigenvalue weighted by Gasteiger charge is -2.11. The minimum Gasteiger partial charge on any atom is -0.361 e. The zero-order valence-corrected chi connectivity index (χ0v) is 20.6. The summed E-state index contributed by atoms with van der Waals surface area (Å²) in [6.07, 6.45) is 3.61. The third-order valence-corrected chi connectivity index (χ3v) is 7.25. The van der Waals surface area contributed by atoms with Gasteiger partial charge in [-0.05, 0) is 54.4 Å². The van der Waals surface area contributed by atoms with Crippen LogP contribution in [-0.2, 0) is 0 Å². The first-order chi connectivity index (χ1) is 18.1. The second-order valence-electron chi connectivity index (χ2n) is 8.69. The minimum absolute atomic E-state index is 0.189. The fourth-order valence-electron chi connectivity index (χ4n) is 4.36. The molecule has 0 spiro atoms. The standard InChI is InChI=1S/C28H22N6O2S/c1-16(31-26(35)17-6-3-2-4-7-17)28-33-25(15-37-28)27(36)32-23-12-18(13-24-21(23)14-30-34-24)19-8-5-9-22-20(19)10-11-29-22/h2-16,29H,1H3,(H,30,34)(H,31,35)(H,32,36). The van der Waals surface area contributed by atoms with Gasteiger partial charge in [0.2, 0.25) is 0 Å². The Morgan fingerprint density at radius 2 is 1.81 bits per heavy atom. The Morgan fingerprint density at radius 3 is 2.68 bits per heavy atom. The summed E-state index contributed by atoms with van der Waals surface area (Å²) in [5.74, 6) is -0.519. The number of hydrogen-bond acceptors (Lipinski definition) is 5. The van der Waals surface area contributed by atoms with E-state index in [0.717, 1.165) is 32.9 Å². The van der Waals surface area contributed by atoms with Gasteiger partial charge in [0, 0.05) is 33.4 Å². The fourth-order valence-corrected chi connectivity index (χ4v) is 5.16. The number of aromatic nitrogens is 4. The topological polar surface area (TPSA) is 116 Å². The van der Waals surface area contributed by atoms with Crippen molar-refractivity contribution in [1.82, 2.24) is 25.5 Å². The maximum absolute atomic E-state index is 13.2. The Hall–Kier alpha value is -4.76. The van der Waals surface area contributed by atoms with Crippen molar-refractivity contribution in [2.24, 2.45) is 0 Å². The van der Waals surface area contributed by atoms with Crippen LogP contribution >= 0.6 is 11.3 Å². The number of amides is 2. The first-order valence-corrected chi connectivity index (χ1v) is 12.6. The van der Waals surface area contributed by atoms with E-state index in [2.05, 4.69) is 36.9 Å². The van der Waals surface area contributed by atoms with E-state index in [-0.39, 0.29) is 23.6 Å². The number of anilines is 1. The number of fused-ring (bicyclic) bond motifs is 2. The Kier molecular flexibility index (Phi) is 5.74. The van der Waals surface area contributed by atoms with Gasteiger partial charge >= 0.3 is 0 Å². The second-order valence-corrected chi connectivity index (χ2v) is 9.58. The van der Waals surface area contributed by atoms with Gasteiger partial charge in [0.05, 0.1) is 23.4 Å². The van der Waals surface area contributed by atoms with Crippen molar-refractivity contribution in [1.29, 1.82) is 0 Å². The van der Waals surface area contributed by atoms with Gasteiger partial charge in [-0.1, -0.05) is 30.3 Å². The van der Waals surface area contributed by atoms with Crippen LogP contribution in [0.15, 0.2) is 84.5 Å². The van der Waals surface area contributed by atoms with Gasteiger partial charge in [0.15, 0.2) is 0 Å². The quantitative estimate of drug-likeness (QED) is 0.225. The summed E-state index contributed by atoms with van der Waals surface area (Å²) in [6, 6.07) is 20.7. The molecule has 0 aliphatic carbocycles. The molecule has 2 amide bonds. The van der Waals surface area contributed by atoms with E-state index >= 15 is 0 Å². The summed E-state index contributed by atoms with van der Waals surface area (Å²) in [5, 5.41) is 17.4. The normalized spacial score (nSPS) is 12.0. The van der Waals surface area contributed by atoms with Crippen LogP contribution in [0.1, 0.15) is 38.8 Å². The zero-order chi connectivity index (χ0) is 25.4. The molecule has 3 aromatic heterocycles. The highest BCUT2D eigenvalue weighted by Gasteiger charge is 2.19. The predicted octanol–water partition coefficient (Wildman–Crippen LogP) is 5.91. The molecule has 0 aliphatic rings. The monoisotopic (exact) mass is 506 g/mol. The van der Waals surface area contributed by atoms with Crippen molar-refractivity contribution >= 4 is 50.6 Å². The van der Waals surface area contributed by atoms with E-state index in [9.17, 15) is 9.59 Å². The first-order valence-electron chi connectivity index (χ1n) is 11.7. The van der Waals surface area contributed by atoms with Crippen LogP contribution in [-0.4, -0.2) is 32.0 Å². The molecule has 0 radical (unpaired) electrons. The molecule has 1 unspecified atom stereocenters. The highest BCUT2D eigenvalue weighted by molar-refractivity contribution is 7.10. The van der Waals surface area contributed by atoms with E-state index in [4.69, 9.17) is 0 Å². The summed E-state index contributed by atoms with van der Waals surface area (Å²) in [6.45, 7) is 1.85. The number of H-pyrrole nitrogens is 2. The van der Waals surface area contributed by atoms with E-state index in [1.165, 1.54) is 11.3 Å². The van der Waals surface area contributed by atoms with E-state index in [1.807, 2.05) is 61.7 Å². The van der Waals surface area contributed by atoms with Gasteiger partial charge in [0.25, 0.3) is 11.8 Å². The molecule has 3 heterocycles. The molecule has 0 saturated carbocycles. The first kappa shape index (κ1) is 22.7. The fraction of sp³-hybridized carbons (Fsp3) is 0.0714. The van der Waals surface area contributed by atoms with Crippen molar-refractivity contribution in [3.63, 3.8) is 0 Å². The number of aromatic amines is 2. The largest absolute Gasteiger partial charge is 0.361 e. The molecule has 1 atom stereocenters. The van der Waals surface area contributed by atoms with Crippen molar-refractivity contribution in [3.8, 4) is 11.1 Å². The second kappa shape index (κ2) is 9.36. The lowest BCUT2D eigenvalue weighted by Crippen LogP contribution is -2.26. The van der Waals surface area contributed by atoms with Gasteiger partial charge in [-0.2, -0.15) is 5.10 Å². The van der Waals surface area contributed by atoms with E-state index in [0.29, 0.717) is 16.3 Å². The molecule has 37 heavy (non-hydrogen) atoms. The Morgan fingerprint density at radius 1 is 0.946 bits per heavy atom. The third kappa shape index (κ3) is 4.36. The predicted molar refractivity (Wildman–Crippen MR) is 146 cm³/mol. The van der Waals surface area contributed by atoms with Crippen LogP contribution in [0.3, 0.4) is 0 Å². The highest BCUT2D eigenvalue weighted by Crippen LogP contribution is 2.34. The molecule has 4 N–H and O–H groups in total. The number of nitrogens with one attached hydrogen (secondary N) is 4. The number of carbonyl (C=O) groups is 2. The summed E-state index contributed by atoms with van der Waals surface area (Å²) < 4.78 is 0. The van der Waals surface area contributed by atoms with Crippen molar-refractivity contribution < 1.29 is 9.59 Å². The molecule has 8 nitrogen and oxygen atoms in total. The lowest BCUT2D eigenvalue weighted by molar-refractivity contribution is 0.0939. The van der Waals surface area contributed by atoms with Crippen LogP contribution in [0.2, 0.25) is 0 Å². The minimum atomic E-state index is -0.343. The van der Waals surface area contributed by atoms with Crippen LogP contribution in [0, 0.1) is 0 Å². The Bertz CT molecular complexity index is 1750. The molecule has 0 bridgehead atoms. The van der Waals surface area contributed by atoms with Crippen LogP contribution in [0.4, 0.5) is 5.69 Å². The third-order valence-electron chi connectivity index (χ3n) is 6.22. The Labute approximate surface area is 215 Å². The van der Waals surface area contributed by atoms with Crippen LogP contribution in [0.25, 0.3) is 32.9 Å². The Balaban J connectivity index is 1.25. The summed E-state index contributed by atoms with van der Waals surface area (Å²) in [5.41, 5.74) is 5.35. The maximum atomic E-state index is 13.2. The molecule has 0 fully saturated rings. The molecule has 0 aliphatic heterocycles. The molecule has 3 aromatic carbocycles. The summed E-state index contributed by atoms with van der Waals surface area (Å²) in [4.78, 5) is 33.4. The number of carbonyl (C=O) groups excluding carboxylic acids is 2. The van der Waals surface area contributed by atoms with Crippen LogP contribution in [0.5, 0.6) is 0 Å². The van der Waals surface area contributed by atoms with Gasteiger partial charge in [-0.25, -0.2) is 4.98 Å². The number of thiazole rings is 1. The molecule has 0 saturated heterocycles. The molecule has 6 aromatic rings. The molecular formula is C28H22N6O2S. The SMILES string of the molecule is CC(NC(=O)c1ccccc1)c1nc(C(=O)Nc2cc(-c3cccc4[nH]ccc34)cc3[nH]ncc23)cs1. The van der Waals surface area contributed by atoms with Gasteiger partial charge < -0.3 is 15.6 Å². The summed E-state index contributed by atoms with van der Waals surface area (Å²) in [7, 11) is 0. The van der Waals surface area contributed by atoms with Crippen LogP contribution < -0.4 is 10.6 Å². The van der Waals surface area contributed by atoms with Gasteiger partial charge in [-0.15, -0.1) is 11.3 Å². The molecule has 9 heteroatoms. The van der Waals surface area contributed by atoms with E-state index in [1.54, 1.807) is 23.7 Å². The smallest absolute Gasteiger partial charge is 0.275 e. The average molecular weight is 507 g/mol. The number of rotatable bonds is 6. The average Bonchev–Trinajstić information content (AvgIpc) is 3.69. The molecule has 6 rings (SSSR count). The number of hydrogen-bond donors (Lipinski definition) is 4. The van der Waals surface area contributed by atoms with Crippen molar-refractivity contribution in [2.75, 3.05) is 5.32 Å². The molecular weight excluding hydrogens is 484 g/mol. The van der Waals surface area contributed by atoms with Crippen molar-refractivity contribution in [3.05, 3.63) is 101 Å². The zero-order valence-electron chi connectivity index (χ0n) is 19.8. The lowest BCUT2D eigenvalue weighted by atomic mass is 9.99. The highest BCUT2D eigenvalue weighted by atomic mass is 32.1. The van der Waals surface area contributed by atoms with Gasteiger partial charge in [0.1, 0.15) is 10.7 Å². The van der Waals surface area contributed by atoms with Crippen molar-refractivity contribution in [2.45, 2.75) is 13.0 Å². The number of nitrogens with zero attached hydrogens (tertiary/aromatic N) is 2. The molecule has 182 valence electrons.